The van der Waals surface area contributed by atoms with Crippen LogP contribution in [0.4, 0.5) is 4.39 Å². The first-order valence-corrected chi connectivity index (χ1v) is 5.65. The lowest BCUT2D eigenvalue weighted by Gasteiger charge is -2.05. The summed E-state index contributed by atoms with van der Waals surface area (Å²) in [6.07, 6.45) is 3.70. The fourth-order valence-electron chi connectivity index (χ4n) is 1.58. The Morgan fingerprint density at radius 3 is 2.94 bits per heavy atom. The van der Waals surface area contributed by atoms with E-state index in [-0.39, 0.29) is 5.82 Å². The lowest BCUT2D eigenvalue weighted by atomic mass is 10.2. The van der Waals surface area contributed by atoms with Gasteiger partial charge >= 0.3 is 0 Å². The van der Waals surface area contributed by atoms with Crippen LogP contribution in [0, 0.1) is 5.82 Å². The van der Waals surface area contributed by atoms with Crippen molar-refractivity contribution >= 4 is 11.6 Å². The quantitative estimate of drug-likeness (QED) is 0.907. The Kier molecular flexibility index (Phi) is 3.76. The topological polar surface area (TPSA) is 29.9 Å². The van der Waals surface area contributed by atoms with E-state index in [1.54, 1.807) is 23.0 Å². The number of hydrogen-bond donors (Lipinski definition) is 1. The SMILES string of the molecule is Cn1cc(CNCc2cc(Cl)ccc2F)cn1. The molecule has 0 saturated heterocycles. The van der Waals surface area contributed by atoms with Crippen LogP contribution in [-0.4, -0.2) is 9.78 Å². The third-order valence-electron chi connectivity index (χ3n) is 2.41. The Labute approximate surface area is 104 Å². The Morgan fingerprint density at radius 1 is 1.41 bits per heavy atom. The van der Waals surface area contributed by atoms with Crippen molar-refractivity contribution in [3.8, 4) is 0 Å². The molecular formula is C12H13ClFN3. The van der Waals surface area contributed by atoms with Gasteiger partial charge in [-0.1, -0.05) is 11.6 Å². The molecule has 0 unspecified atom stereocenters. The fraction of sp³-hybridized carbons (Fsp3) is 0.250. The van der Waals surface area contributed by atoms with Gasteiger partial charge in [0.2, 0.25) is 0 Å². The van der Waals surface area contributed by atoms with E-state index in [0.717, 1.165) is 5.56 Å². The molecule has 0 fully saturated rings. The Balaban J connectivity index is 1.91. The molecule has 0 bridgehead atoms. The number of aromatic nitrogens is 2. The van der Waals surface area contributed by atoms with E-state index in [0.29, 0.717) is 23.7 Å². The number of benzene rings is 1. The van der Waals surface area contributed by atoms with Crippen molar-refractivity contribution in [1.29, 1.82) is 0 Å². The minimum Gasteiger partial charge on any atom is -0.308 e. The molecule has 0 saturated carbocycles. The molecule has 1 aromatic heterocycles. The maximum absolute atomic E-state index is 13.4. The fourth-order valence-corrected chi connectivity index (χ4v) is 1.78. The summed E-state index contributed by atoms with van der Waals surface area (Å²) < 4.78 is 15.1. The molecule has 2 rings (SSSR count). The van der Waals surface area contributed by atoms with Crippen LogP contribution in [0.2, 0.25) is 5.02 Å². The number of rotatable bonds is 4. The van der Waals surface area contributed by atoms with Crippen molar-refractivity contribution in [2.24, 2.45) is 7.05 Å². The van der Waals surface area contributed by atoms with Crippen LogP contribution in [0.5, 0.6) is 0 Å². The van der Waals surface area contributed by atoms with E-state index in [9.17, 15) is 4.39 Å². The van der Waals surface area contributed by atoms with Crippen LogP contribution >= 0.6 is 11.6 Å². The molecule has 0 spiro atoms. The van der Waals surface area contributed by atoms with Crippen LogP contribution in [0.25, 0.3) is 0 Å². The van der Waals surface area contributed by atoms with Gasteiger partial charge in [0, 0.05) is 42.5 Å². The van der Waals surface area contributed by atoms with Gasteiger partial charge < -0.3 is 5.32 Å². The van der Waals surface area contributed by atoms with Gasteiger partial charge in [-0.15, -0.1) is 0 Å². The molecule has 2 aromatic rings. The van der Waals surface area contributed by atoms with Crippen molar-refractivity contribution in [2.45, 2.75) is 13.1 Å². The molecule has 0 aliphatic rings. The summed E-state index contributed by atoms with van der Waals surface area (Å²) in [5.41, 5.74) is 1.64. The first-order chi connectivity index (χ1) is 8.15. The molecule has 90 valence electrons. The monoisotopic (exact) mass is 253 g/mol. The van der Waals surface area contributed by atoms with Gasteiger partial charge in [0.15, 0.2) is 0 Å². The Bertz CT molecular complexity index is 510. The molecule has 0 atom stereocenters. The molecule has 0 amide bonds. The third kappa shape index (κ3) is 3.28. The zero-order chi connectivity index (χ0) is 12.3. The van der Waals surface area contributed by atoms with Gasteiger partial charge in [-0.25, -0.2) is 4.39 Å². The maximum Gasteiger partial charge on any atom is 0.127 e. The highest BCUT2D eigenvalue weighted by atomic mass is 35.5. The van der Waals surface area contributed by atoms with Crippen molar-refractivity contribution in [3.63, 3.8) is 0 Å². The van der Waals surface area contributed by atoms with Gasteiger partial charge in [-0.2, -0.15) is 5.10 Å². The predicted octanol–water partition coefficient (Wildman–Crippen LogP) is 2.50. The third-order valence-corrected chi connectivity index (χ3v) is 2.65. The lowest BCUT2D eigenvalue weighted by molar-refractivity contribution is 0.588. The molecule has 0 aliphatic heterocycles. The normalized spacial score (nSPS) is 10.8. The summed E-state index contributed by atoms with van der Waals surface area (Å²) >= 11 is 5.81. The Hall–Kier alpha value is -1.39. The van der Waals surface area contributed by atoms with Crippen molar-refractivity contribution in [3.05, 3.63) is 52.6 Å². The first kappa shape index (κ1) is 12.1. The average molecular weight is 254 g/mol. The number of aryl methyl sites for hydroxylation is 1. The average Bonchev–Trinajstić information content (AvgIpc) is 2.69. The summed E-state index contributed by atoms with van der Waals surface area (Å²) in [5.74, 6) is -0.243. The van der Waals surface area contributed by atoms with Crippen LogP contribution in [0.1, 0.15) is 11.1 Å². The lowest BCUT2D eigenvalue weighted by Crippen LogP contribution is -2.13. The number of nitrogens with zero attached hydrogens (tertiary/aromatic N) is 2. The largest absolute Gasteiger partial charge is 0.308 e. The minimum atomic E-state index is -0.243. The summed E-state index contributed by atoms with van der Waals surface area (Å²) in [5, 5.41) is 7.75. The van der Waals surface area contributed by atoms with Crippen molar-refractivity contribution in [2.75, 3.05) is 0 Å². The van der Waals surface area contributed by atoms with Crippen molar-refractivity contribution < 1.29 is 4.39 Å². The van der Waals surface area contributed by atoms with Gasteiger partial charge in [0.1, 0.15) is 5.82 Å². The van der Waals surface area contributed by atoms with E-state index in [1.807, 2.05) is 13.2 Å². The van der Waals surface area contributed by atoms with Gasteiger partial charge in [-0.05, 0) is 18.2 Å². The summed E-state index contributed by atoms with van der Waals surface area (Å²) in [7, 11) is 1.86. The molecule has 0 aliphatic carbocycles. The van der Waals surface area contributed by atoms with Crippen LogP contribution in [0.3, 0.4) is 0 Å². The molecule has 1 aromatic carbocycles. The van der Waals surface area contributed by atoms with Gasteiger partial charge in [0.05, 0.1) is 6.20 Å². The molecule has 17 heavy (non-hydrogen) atoms. The summed E-state index contributed by atoms with van der Waals surface area (Å²) in [6.45, 7) is 1.10. The molecular weight excluding hydrogens is 241 g/mol. The second-order valence-electron chi connectivity index (χ2n) is 3.86. The summed E-state index contributed by atoms with van der Waals surface area (Å²) in [4.78, 5) is 0. The highest BCUT2D eigenvalue weighted by molar-refractivity contribution is 6.30. The first-order valence-electron chi connectivity index (χ1n) is 5.27. The van der Waals surface area contributed by atoms with E-state index < -0.39 is 0 Å². The highest BCUT2D eigenvalue weighted by Crippen LogP contribution is 2.14. The molecule has 1 heterocycles. The second-order valence-corrected chi connectivity index (χ2v) is 4.30. The van der Waals surface area contributed by atoms with Crippen LogP contribution in [-0.2, 0) is 20.1 Å². The van der Waals surface area contributed by atoms with Gasteiger partial charge in [0.25, 0.3) is 0 Å². The number of nitrogens with one attached hydrogen (secondary N) is 1. The molecule has 5 heteroatoms. The van der Waals surface area contributed by atoms with E-state index in [1.165, 1.54) is 6.07 Å². The maximum atomic E-state index is 13.4. The smallest absolute Gasteiger partial charge is 0.127 e. The second kappa shape index (κ2) is 5.29. The van der Waals surface area contributed by atoms with E-state index >= 15 is 0 Å². The number of halogens is 2. The zero-order valence-electron chi connectivity index (χ0n) is 9.45. The van der Waals surface area contributed by atoms with Crippen LogP contribution < -0.4 is 5.32 Å². The minimum absolute atomic E-state index is 0.243. The molecule has 1 N–H and O–H groups in total. The van der Waals surface area contributed by atoms with E-state index in [4.69, 9.17) is 11.6 Å². The van der Waals surface area contributed by atoms with Gasteiger partial charge in [-0.3, -0.25) is 4.68 Å². The summed E-state index contributed by atoms with van der Waals surface area (Å²) in [6, 6.07) is 4.55. The number of hydrogen-bond acceptors (Lipinski definition) is 2. The Morgan fingerprint density at radius 2 is 2.24 bits per heavy atom. The standard InChI is InChI=1S/C12H13ClFN3/c1-17-8-9(6-16-17)5-15-7-10-4-11(13)2-3-12(10)14/h2-4,6,8,15H,5,7H2,1H3. The van der Waals surface area contributed by atoms with E-state index in [2.05, 4.69) is 10.4 Å². The molecule has 3 nitrogen and oxygen atoms in total. The predicted molar refractivity (Wildman–Crippen MR) is 65.2 cm³/mol. The van der Waals surface area contributed by atoms with Crippen molar-refractivity contribution in [1.82, 2.24) is 15.1 Å². The zero-order valence-corrected chi connectivity index (χ0v) is 10.2. The molecule has 0 radical (unpaired) electrons. The van der Waals surface area contributed by atoms with Crippen LogP contribution in [0.15, 0.2) is 30.6 Å². The highest BCUT2D eigenvalue weighted by Gasteiger charge is 2.03.